The molecule has 0 bridgehead atoms. The van der Waals surface area contributed by atoms with Crippen molar-refractivity contribution >= 4 is 5.91 Å². The fourth-order valence-electron chi connectivity index (χ4n) is 4.78. The van der Waals surface area contributed by atoms with Crippen LogP contribution in [0.2, 0.25) is 0 Å². The third-order valence-corrected chi connectivity index (χ3v) is 7.01. The van der Waals surface area contributed by atoms with E-state index in [4.69, 9.17) is 9.72 Å². The third-order valence-electron chi connectivity index (χ3n) is 7.01. The molecular weight excluding hydrogens is 485 g/mol. The zero-order chi connectivity index (χ0) is 25.9. The lowest BCUT2D eigenvalue weighted by molar-refractivity contribution is 0.0694. The van der Waals surface area contributed by atoms with Crippen molar-refractivity contribution in [1.82, 2.24) is 35.6 Å². The minimum Gasteiger partial charge on any atom is -0.381 e. The van der Waals surface area contributed by atoms with Crippen LogP contribution in [0, 0.1) is 5.82 Å². The number of nitrogens with zero attached hydrogens (tertiary/aromatic N) is 5. The van der Waals surface area contributed by atoms with E-state index in [1.54, 1.807) is 23.1 Å². The number of halogens is 1. The van der Waals surface area contributed by atoms with Gasteiger partial charge in [-0.2, -0.15) is 0 Å². The Balaban J connectivity index is 1.21. The van der Waals surface area contributed by atoms with Crippen molar-refractivity contribution in [3.8, 4) is 17.1 Å². The highest BCUT2D eigenvalue weighted by molar-refractivity contribution is 5.93. The van der Waals surface area contributed by atoms with Gasteiger partial charge in [-0.05, 0) is 67.3 Å². The first kappa shape index (κ1) is 24.3. The maximum atomic E-state index is 13.3. The minimum absolute atomic E-state index is 0.0705. The molecule has 10 heteroatoms. The largest absolute Gasteiger partial charge is 0.381 e. The molecule has 2 aromatic carbocycles. The second-order valence-electron chi connectivity index (χ2n) is 9.70. The summed E-state index contributed by atoms with van der Waals surface area (Å²) in [5.41, 5.74) is 3.85. The van der Waals surface area contributed by atoms with Crippen molar-refractivity contribution in [2.75, 3.05) is 13.2 Å². The summed E-state index contributed by atoms with van der Waals surface area (Å²) in [6, 6.07) is 16.4. The van der Waals surface area contributed by atoms with Crippen LogP contribution < -0.4 is 10.6 Å². The van der Waals surface area contributed by atoms with Crippen LogP contribution in [0.5, 0.6) is 0 Å². The maximum Gasteiger partial charge on any atom is 0.270 e. The van der Waals surface area contributed by atoms with Gasteiger partial charge in [-0.15, -0.1) is 5.10 Å². The summed E-state index contributed by atoms with van der Waals surface area (Å²) in [6.07, 6.45) is 5.94. The van der Waals surface area contributed by atoms with Crippen LogP contribution in [-0.2, 0) is 11.3 Å². The Kier molecular flexibility index (Phi) is 6.89. The van der Waals surface area contributed by atoms with E-state index in [2.05, 4.69) is 25.9 Å². The van der Waals surface area contributed by atoms with E-state index in [0.29, 0.717) is 37.2 Å². The van der Waals surface area contributed by atoms with Crippen molar-refractivity contribution in [2.45, 2.75) is 43.8 Å². The molecule has 2 aliphatic rings. The average molecular weight is 514 g/mol. The zero-order valence-electron chi connectivity index (χ0n) is 20.8. The Morgan fingerprint density at radius 1 is 1.05 bits per heavy atom. The smallest absolute Gasteiger partial charge is 0.270 e. The summed E-state index contributed by atoms with van der Waals surface area (Å²) in [5.74, 6) is 0.389. The normalized spacial score (nSPS) is 19.3. The summed E-state index contributed by atoms with van der Waals surface area (Å²) in [5, 5.41) is 14.5. The molecule has 2 atom stereocenters. The number of carbonyl (C=O) groups is 1. The van der Waals surface area contributed by atoms with Crippen LogP contribution in [-0.4, -0.2) is 56.2 Å². The first-order valence-electron chi connectivity index (χ1n) is 12.8. The molecule has 4 aromatic rings. The molecule has 38 heavy (non-hydrogen) atoms. The van der Waals surface area contributed by atoms with Gasteiger partial charge in [0, 0.05) is 43.3 Å². The Morgan fingerprint density at radius 3 is 2.58 bits per heavy atom. The summed E-state index contributed by atoms with van der Waals surface area (Å²) < 4.78 is 20.4. The average Bonchev–Trinajstić information content (AvgIpc) is 3.52. The molecule has 3 heterocycles. The van der Waals surface area contributed by atoms with E-state index in [-0.39, 0.29) is 23.8 Å². The molecule has 6 rings (SSSR count). The fraction of sp³-hybridized carbons (Fsp3) is 0.321. The molecule has 1 amide bonds. The Morgan fingerprint density at radius 2 is 1.84 bits per heavy atom. The van der Waals surface area contributed by atoms with Gasteiger partial charge in [-0.3, -0.25) is 4.79 Å². The monoisotopic (exact) mass is 513 g/mol. The highest BCUT2D eigenvalue weighted by Crippen LogP contribution is 2.40. The van der Waals surface area contributed by atoms with Crippen LogP contribution in [0.15, 0.2) is 67.0 Å². The van der Waals surface area contributed by atoms with Gasteiger partial charge in [-0.1, -0.05) is 17.3 Å². The summed E-state index contributed by atoms with van der Waals surface area (Å²) in [6.45, 7) is 1.78. The number of aromatic nitrogens is 5. The van der Waals surface area contributed by atoms with Gasteiger partial charge in [-0.25, -0.2) is 19.0 Å². The molecule has 2 fully saturated rings. The number of benzene rings is 2. The molecule has 194 valence electrons. The topological polar surface area (TPSA) is 107 Å². The molecule has 2 N–H and O–H groups in total. The highest BCUT2D eigenvalue weighted by atomic mass is 19.1. The Hall–Kier alpha value is -4.02. The predicted octanol–water partition coefficient (Wildman–Crippen LogP) is 3.42. The molecule has 1 saturated carbocycles. The molecule has 0 radical (unpaired) electrons. The van der Waals surface area contributed by atoms with Crippen molar-refractivity contribution in [2.24, 2.45) is 0 Å². The van der Waals surface area contributed by atoms with Crippen molar-refractivity contribution in [3.63, 3.8) is 0 Å². The molecule has 0 spiro atoms. The van der Waals surface area contributed by atoms with Gasteiger partial charge in [0.05, 0.1) is 23.8 Å². The number of nitrogens with one attached hydrogen (secondary N) is 2. The van der Waals surface area contributed by atoms with Gasteiger partial charge >= 0.3 is 0 Å². The van der Waals surface area contributed by atoms with Crippen LogP contribution >= 0.6 is 0 Å². The number of rotatable bonds is 8. The second-order valence-corrected chi connectivity index (χ2v) is 9.70. The maximum absolute atomic E-state index is 13.3. The standard InChI is InChI=1S/C28H28FN7O2/c29-20-5-1-18(2-6-20)24-16-25(24)30-17-22-15-26(28(37)33-21-9-13-38-14-10-21)34-27(32-22)19-3-7-23(8-4-19)36-12-11-31-35-36/h1-8,11-12,15,21,24-25,30H,9-10,13-14,16-17H2,(H,33,37)/t24-,25+/m0/s1. The quantitative estimate of drug-likeness (QED) is 0.372. The van der Waals surface area contributed by atoms with E-state index < -0.39 is 0 Å². The first-order chi connectivity index (χ1) is 18.6. The highest BCUT2D eigenvalue weighted by Gasteiger charge is 2.37. The van der Waals surface area contributed by atoms with E-state index >= 15 is 0 Å². The fourth-order valence-corrected chi connectivity index (χ4v) is 4.78. The minimum atomic E-state index is -0.228. The van der Waals surface area contributed by atoms with E-state index in [0.717, 1.165) is 41.8 Å². The summed E-state index contributed by atoms with van der Waals surface area (Å²) in [4.78, 5) is 22.6. The summed E-state index contributed by atoms with van der Waals surface area (Å²) in [7, 11) is 0. The van der Waals surface area contributed by atoms with E-state index in [1.165, 1.54) is 12.1 Å². The van der Waals surface area contributed by atoms with Crippen LogP contribution in [0.25, 0.3) is 17.1 Å². The van der Waals surface area contributed by atoms with Gasteiger partial charge in [0.2, 0.25) is 0 Å². The number of hydrogen-bond donors (Lipinski definition) is 2. The molecule has 0 unspecified atom stereocenters. The van der Waals surface area contributed by atoms with Gasteiger partial charge in [0.1, 0.15) is 11.5 Å². The number of amides is 1. The number of carbonyl (C=O) groups excluding carboxylic acids is 1. The molecule has 1 aliphatic carbocycles. The van der Waals surface area contributed by atoms with Gasteiger partial charge in [0.25, 0.3) is 5.91 Å². The number of ether oxygens (including phenoxy) is 1. The molecule has 9 nitrogen and oxygen atoms in total. The van der Waals surface area contributed by atoms with Crippen LogP contribution in [0.3, 0.4) is 0 Å². The van der Waals surface area contributed by atoms with Crippen molar-refractivity contribution in [1.29, 1.82) is 0 Å². The van der Waals surface area contributed by atoms with E-state index in [9.17, 15) is 9.18 Å². The number of hydrogen-bond acceptors (Lipinski definition) is 7. The SMILES string of the molecule is O=C(NC1CCOCC1)c1cc(CN[C@@H]2C[C@H]2c2ccc(F)cc2)nc(-c2ccc(-n3ccnn3)cc2)n1. The zero-order valence-corrected chi connectivity index (χ0v) is 20.8. The second kappa shape index (κ2) is 10.8. The predicted molar refractivity (Wildman–Crippen MR) is 138 cm³/mol. The van der Waals surface area contributed by atoms with Gasteiger partial charge in [0.15, 0.2) is 5.82 Å². The first-order valence-corrected chi connectivity index (χ1v) is 12.8. The van der Waals surface area contributed by atoms with Crippen molar-refractivity contribution in [3.05, 3.63) is 89.8 Å². The molecule has 1 saturated heterocycles. The molecular formula is C28H28FN7O2. The Bertz CT molecular complexity index is 1390. The molecule has 1 aliphatic heterocycles. The lowest BCUT2D eigenvalue weighted by atomic mass is 10.1. The third kappa shape index (κ3) is 5.61. The van der Waals surface area contributed by atoms with Crippen LogP contribution in [0.4, 0.5) is 4.39 Å². The lowest BCUT2D eigenvalue weighted by Crippen LogP contribution is -2.39. The van der Waals surface area contributed by atoms with E-state index in [1.807, 2.05) is 36.4 Å². The van der Waals surface area contributed by atoms with Gasteiger partial charge < -0.3 is 15.4 Å². The van der Waals surface area contributed by atoms with Crippen LogP contribution in [0.1, 0.15) is 46.9 Å². The molecule has 2 aromatic heterocycles. The summed E-state index contributed by atoms with van der Waals surface area (Å²) >= 11 is 0. The Labute approximate surface area is 219 Å². The van der Waals surface area contributed by atoms with Crippen molar-refractivity contribution < 1.29 is 13.9 Å². The lowest BCUT2D eigenvalue weighted by Gasteiger charge is -2.23.